The fourth-order valence-electron chi connectivity index (χ4n) is 2.24. The van der Waals surface area contributed by atoms with Gasteiger partial charge in [0.1, 0.15) is 17.5 Å². The quantitative estimate of drug-likeness (QED) is 0.931. The molecule has 21 heavy (non-hydrogen) atoms. The molecule has 1 fully saturated rings. The van der Waals surface area contributed by atoms with Crippen molar-refractivity contribution in [3.63, 3.8) is 0 Å². The average Bonchev–Trinajstić information content (AvgIpc) is 2.99. The minimum atomic E-state index is -1.14. The number of carbonyl (C=O) groups is 1. The highest BCUT2D eigenvalue weighted by molar-refractivity contribution is 5.85. The van der Waals surface area contributed by atoms with Crippen LogP contribution in [0.4, 0.5) is 0 Å². The number of carboxylic acids is 1. The summed E-state index contributed by atoms with van der Waals surface area (Å²) in [7, 11) is 0. The highest BCUT2D eigenvalue weighted by Gasteiger charge is 2.16. The van der Waals surface area contributed by atoms with E-state index in [0.29, 0.717) is 18.1 Å². The van der Waals surface area contributed by atoms with Crippen molar-refractivity contribution in [2.75, 3.05) is 13.2 Å². The summed E-state index contributed by atoms with van der Waals surface area (Å²) in [6, 6.07) is 8.73. The normalized spacial score (nSPS) is 18.4. The summed E-state index contributed by atoms with van der Waals surface area (Å²) < 4.78 is 16.0. The number of rotatable bonds is 4. The van der Waals surface area contributed by atoms with Crippen molar-refractivity contribution in [2.45, 2.75) is 18.9 Å². The van der Waals surface area contributed by atoms with Crippen LogP contribution in [0.3, 0.4) is 0 Å². The average molecular weight is 289 g/mol. The van der Waals surface area contributed by atoms with Crippen molar-refractivity contribution in [1.29, 1.82) is 0 Å². The lowest BCUT2D eigenvalue weighted by molar-refractivity contribution is 0.00745. The van der Waals surface area contributed by atoms with Gasteiger partial charge in [-0.3, -0.25) is 0 Å². The maximum Gasteiger partial charge on any atom is 0.374 e. The summed E-state index contributed by atoms with van der Waals surface area (Å²) in [6.45, 7) is 1.38. The molecule has 1 aromatic carbocycles. The van der Waals surface area contributed by atoms with E-state index in [2.05, 4.69) is 5.16 Å². The molecule has 1 saturated heterocycles. The van der Waals surface area contributed by atoms with E-state index in [9.17, 15) is 4.79 Å². The fraction of sp³-hybridized carbons (Fsp3) is 0.333. The van der Waals surface area contributed by atoms with E-state index in [0.717, 1.165) is 25.0 Å². The van der Waals surface area contributed by atoms with Gasteiger partial charge in [-0.25, -0.2) is 4.79 Å². The Morgan fingerprint density at radius 1 is 1.38 bits per heavy atom. The first-order chi connectivity index (χ1) is 10.2. The van der Waals surface area contributed by atoms with Gasteiger partial charge in [0, 0.05) is 18.2 Å². The first-order valence-electron chi connectivity index (χ1n) is 6.77. The van der Waals surface area contributed by atoms with Gasteiger partial charge in [0.2, 0.25) is 5.76 Å². The second-order valence-corrected chi connectivity index (χ2v) is 4.87. The number of carboxylic acid groups (broad SMARTS) is 1. The Balaban J connectivity index is 1.76. The van der Waals surface area contributed by atoms with Gasteiger partial charge in [-0.15, -0.1) is 0 Å². The molecule has 0 saturated carbocycles. The number of hydrogen-bond donors (Lipinski definition) is 1. The molecule has 1 aliphatic heterocycles. The minimum Gasteiger partial charge on any atom is -0.488 e. The molecule has 1 N–H and O–H groups in total. The monoisotopic (exact) mass is 289 g/mol. The number of benzene rings is 1. The number of nitrogens with zero attached hydrogens (tertiary/aromatic N) is 1. The topological polar surface area (TPSA) is 81.8 Å². The van der Waals surface area contributed by atoms with E-state index in [1.54, 1.807) is 0 Å². The molecule has 1 atom stereocenters. The van der Waals surface area contributed by atoms with Gasteiger partial charge in [0.25, 0.3) is 0 Å². The molecule has 6 nitrogen and oxygen atoms in total. The molecule has 0 bridgehead atoms. The Hall–Kier alpha value is -2.34. The second kappa shape index (κ2) is 5.97. The zero-order chi connectivity index (χ0) is 14.7. The molecule has 1 unspecified atom stereocenters. The van der Waals surface area contributed by atoms with E-state index >= 15 is 0 Å². The van der Waals surface area contributed by atoms with E-state index < -0.39 is 5.97 Å². The molecule has 2 heterocycles. The SMILES string of the molecule is O=C(O)c1cc(-c2cccc(OC3CCCOC3)c2)no1. The van der Waals surface area contributed by atoms with Gasteiger partial charge < -0.3 is 19.1 Å². The van der Waals surface area contributed by atoms with Crippen LogP contribution in [-0.2, 0) is 4.74 Å². The molecule has 0 spiro atoms. The maximum atomic E-state index is 10.8. The zero-order valence-corrected chi connectivity index (χ0v) is 11.3. The van der Waals surface area contributed by atoms with Gasteiger partial charge in [-0.2, -0.15) is 0 Å². The number of aromatic carboxylic acids is 1. The Bertz CT molecular complexity index is 630. The Morgan fingerprint density at radius 3 is 3.00 bits per heavy atom. The molecular weight excluding hydrogens is 274 g/mol. The number of aromatic nitrogens is 1. The van der Waals surface area contributed by atoms with E-state index in [1.807, 2.05) is 24.3 Å². The Kier molecular flexibility index (Phi) is 3.87. The first-order valence-corrected chi connectivity index (χ1v) is 6.77. The van der Waals surface area contributed by atoms with Gasteiger partial charge in [0.15, 0.2) is 0 Å². The highest BCUT2D eigenvalue weighted by atomic mass is 16.5. The third-order valence-corrected chi connectivity index (χ3v) is 3.27. The molecule has 0 amide bonds. The van der Waals surface area contributed by atoms with Crippen molar-refractivity contribution in [3.8, 4) is 17.0 Å². The van der Waals surface area contributed by atoms with Crippen LogP contribution in [0.15, 0.2) is 34.9 Å². The number of hydrogen-bond acceptors (Lipinski definition) is 5. The molecule has 1 aromatic heterocycles. The van der Waals surface area contributed by atoms with Gasteiger partial charge in [-0.05, 0) is 25.0 Å². The van der Waals surface area contributed by atoms with Crippen LogP contribution in [0, 0.1) is 0 Å². The van der Waals surface area contributed by atoms with Crippen LogP contribution in [0.1, 0.15) is 23.4 Å². The first kappa shape index (κ1) is 13.6. The van der Waals surface area contributed by atoms with Gasteiger partial charge in [0.05, 0.1) is 6.61 Å². The Labute approximate surface area is 121 Å². The van der Waals surface area contributed by atoms with Crippen molar-refractivity contribution < 1.29 is 23.9 Å². The summed E-state index contributed by atoms with van der Waals surface area (Å²) in [4.78, 5) is 10.8. The Morgan fingerprint density at radius 2 is 2.29 bits per heavy atom. The molecule has 1 aliphatic rings. The third-order valence-electron chi connectivity index (χ3n) is 3.27. The summed E-state index contributed by atoms with van der Waals surface area (Å²) in [6.07, 6.45) is 2.02. The molecule has 6 heteroatoms. The molecule has 2 aromatic rings. The molecule has 0 aliphatic carbocycles. The van der Waals surface area contributed by atoms with Crippen LogP contribution in [0.2, 0.25) is 0 Å². The van der Waals surface area contributed by atoms with E-state index in [1.165, 1.54) is 6.07 Å². The maximum absolute atomic E-state index is 10.8. The highest BCUT2D eigenvalue weighted by Crippen LogP contribution is 2.25. The van der Waals surface area contributed by atoms with Crippen molar-refractivity contribution in [1.82, 2.24) is 5.16 Å². The number of ether oxygens (including phenoxy) is 2. The van der Waals surface area contributed by atoms with Crippen LogP contribution >= 0.6 is 0 Å². The standard InChI is InChI=1S/C15H15NO5/c17-15(18)14-8-13(16-21-14)10-3-1-4-11(7-10)20-12-5-2-6-19-9-12/h1,3-4,7-8,12H,2,5-6,9H2,(H,17,18). The minimum absolute atomic E-state index is 0.0564. The smallest absolute Gasteiger partial charge is 0.374 e. The van der Waals surface area contributed by atoms with Crippen LogP contribution in [0.5, 0.6) is 5.75 Å². The molecule has 3 rings (SSSR count). The fourth-order valence-corrected chi connectivity index (χ4v) is 2.24. The van der Waals surface area contributed by atoms with Crippen molar-refractivity contribution in [3.05, 3.63) is 36.1 Å². The van der Waals surface area contributed by atoms with Crippen LogP contribution in [-0.4, -0.2) is 35.6 Å². The summed E-state index contributed by atoms with van der Waals surface area (Å²) >= 11 is 0. The van der Waals surface area contributed by atoms with E-state index in [-0.39, 0.29) is 11.9 Å². The third kappa shape index (κ3) is 3.22. The van der Waals surface area contributed by atoms with Crippen LogP contribution < -0.4 is 4.74 Å². The summed E-state index contributed by atoms with van der Waals surface area (Å²) in [5.41, 5.74) is 1.22. The van der Waals surface area contributed by atoms with Crippen molar-refractivity contribution in [2.24, 2.45) is 0 Å². The molecule has 0 radical (unpaired) electrons. The molecular formula is C15H15NO5. The lowest BCUT2D eigenvalue weighted by atomic mass is 10.1. The molecule has 110 valence electrons. The summed E-state index contributed by atoms with van der Waals surface area (Å²) in [5.74, 6) is -0.611. The van der Waals surface area contributed by atoms with Crippen LogP contribution in [0.25, 0.3) is 11.3 Å². The lowest BCUT2D eigenvalue weighted by Crippen LogP contribution is -2.27. The van der Waals surface area contributed by atoms with E-state index in [4.69, 9.17) is 19.1 Å². The zero-order valence-electron chi connectivity index (χ0n) is 11.3. The van der Waals surface area contributed by atoms with Gasteiger partial charge in [-0.1, -0.05) is 17.3 Å². The summed E-state index contributed by atoms with van der Waals surface area (Å²) in [5, 5.41) is 12.6. The van der Waals surface area contributed by atoms with Gasteiger partial charge >= 0.3 is 5.97 Å². The largest absolute Gasteiger partial charge is 0.488 e. The predicted molar refractivity (Wildman–Crippen MR) is 73.4 cm³/mol. The predicted octanol–water partition coefficient (Wildman–Crippen LogP) is 2.60. The van der Waals surface area contributed by atoms with Crippen molar-refractivity contribution >= 4 is 5.97 Å². The second-order valence-electron chi connectivity index (χ2n) is 4.87. The lowest BCUT2D eigenvalue weighted by Gasteiger charge is -2.23.